The number of nitrogens with one attached hydrogen (secondary N) is 2. The van der Waals surface area contributed by atoms with Gasteiger partial charge in [-0.3, -0.25) is 9.59 Å². The van der Waals surface area contributed by atoms with Crippen LogP contribution >= 0.6 is 0 Å². The zero-order valence-electron chi connectivity index (χ0n) is 20.9. The minimum atomic E-state index is -0.957. The molecule has 9 heteroatoms. The summed E-state index contributed by atoms with van der Waals surface area (Å²) in [5, 5.41) is 21.1. The lowest BCUT2D eigenvalue weighted by Gasteiger charge is -2.16. The molecular weight excluding hydrogens is 460 g/mol. The molecule has 0 bridgehead atoms. The fraction of sp³-hybridized carbons (Fsp3) is 0.333. The Morgan fingerprint density at radius 2 is 1.78 bits per heavy atom. The number of ether oxygens (including phenoxy) is 2. The molecule has 0 radical (unpaired) electrons. The molecule has 0 spiro atoms. The maximum Gasteiger partial charge on any atom is 0.275 e. The van der Waals surface area contributed by atoms with Crippen LogP contribution in [0.3, 0.4) is 0 Å². The first-order valence-corrected chi connectivity index (χ1v) is 11.7. The van der Waals surface area contributed by atoms with Crippen molar-refractivity contribution in [3.63, 3.8) is 0 Å². The summed E-state index contributed by atoms with van der Waals surface area (Å²) in [5.74, 6) is 1.09. The first-order chi connectivity index (χ1) is 17.3. The van der Waals surface area contributed by atoms with Crippen molar-refractivity contribution < 1.29 is 19.4 Å². The molecule has 1 heterocycles. The molecule has 190 valence electrons. The molecular formula is C27H32N4O5. The number of hydrogen-bond acceptors (Lipinski definition) is 7. The number of nitrogens with zero attached hydrogens (tertiary/aromatic N) is 2. The Kier molecular flexibility index (Phi) is 9.35. The van der Waals surface area contributed by atoms with Crippen molar-refractivity contribution in [3.05, 3.63) is 93.2 Å². The van der Waals surface area contributed by atoms with E-state index in [1.54, 1.807) is 39.4 Å². The highest BCUT2D eigenvalue weighted by Gasteiger charge is 2.20. The average Bonchev–Trinajstić information content (AvgIpc) is 2.86. The number of aliphatic hydroxyl groups is 1. The molecule has 2 atom stereocenters. The lowest BCUT2D eigenvalue weighted by Crippen LogP contribution is -2.35. The van der Waals surface area contributed by atoms with E-state index in [0.717, 1.165) is 17.5 Å². The Morgan fingerprint density at radius 1 is 1.06 bits per heavy atom. The van der Waals surface area contributed by atoms with E-state index < -0.39 is 23.6 Å². The van der Waals surface area contributed by atoms with Gasteiger partial charge in [-0.1, -0.05) is 42.5 Å². The highest BCUT2D eigenvalue weighted by Crippen LogP contribution is 2.28. The van der Waals surface area contributed by atoms with E-state index >= 15 is 0 Å². The van der Waals surface area contributed by atoms with Crippen LogP contribution in [0, 0.1) is 0 Å². The first-order valence-electron chi connectivity index (χ1n) is 11.7. The number of rotatable bonds is 11. The Morgan fingerprint density at radius 3 is 2.42 bits per heavy atom. The molecule has 0 aliphatic rings. The molecule has 0 saturated carbocycles. The quantitative estimate of drug-likeness (QED) is 0.351. The van der Waals surface area contributed by atoms with E-state index in [0.29, 0.717) is 30.2 Å². The highest BCUT2D eigenvalue weighted by molar-refractivity contribution is 5.94. The Bertz CT molecular complexity index is 1250. The minimum Gasteiger partial charge on any atom is -0.493 e. The summed E-state index contributed by atoms with van der Waals surface area (Å²) in [6.07, 6.45) is 2.44. The van der Waals surface area contributed by atoms with Crippen LogP contribution in [0.4, 0.5) is 0 Å². The lowest BCUT2D eigenvalue weighted by atomic mass is 10.0. The SMILES string of the molecule is COc1ccc(Cc2nnc(C(C)NC(=O)/C(=C/CCc3ccccc3)C(C)O)c(=O)[nH]2)cc1OC. The standard InChI is InChI=1S/C27H32N4O5/c1-17(28-26(33)21(18(2)32)12-8-11-19-9-6-5-7-10-19)25-27(34)29-24(30-31-25)16-20-13-14-22(35-3)23(15-20)36-4/h5-7,9-10,12-15,17-18,32H,8,11,16H2,1-4H3,(H,28,33)(H,29,30,34)/b21-12+. The number of hydrogen-bond donors (Lipinski definition) is 3. The summed E-state index contributed by atoms with van der Waals surface area (Å²) in [6, 6.07) is 14.6. The van der Waals surface area contributed by atoms with Crippen molar-refractivity contribution in [2.45, 2.75) is 45.3 Å². The zero-order chi connectivity index (χ0) is 26.1. The third-order valence-electron chi connectivity index (χ3n) is 5.70. The van der Waals surface area contributed by atoms with Crippen LogP contribution in [0.15, 0.2) is 65.0 Å². The minimum absolute atomic E-state index is 0.0774. The second-order valence-electron chi connectivity index (χ2n) is 8.41. The maximum absolute atomic E-state index is 12.8. The van der Waals surface area contributed by atoms with Crippen molar-refractivity contribution in [2.24, 2.45) is 0 Å². The van der Waals surface area contributed by atoms with Crippen LogP contribution in [0.5, 0.6) is 11.5 Å². The number of H-pyrrole nitrogens is 1. The summed E-state index contributed by atoms with van der Waals surface area (Å²) in [4.78, 5) is 28.2. The molecule has 0 aliphatic carbocycles. The van der Waals surface area contributed by atoms with Crippen molar-refractivity contribution in [2.75, 3.05) is 14.2 Å². The number of benzene rings is 2. The molecule has 9 nitrogen and oxygen atoms in total. The molecule has 0 fully saturated rings. The molecule has 3 rings (SSSR count). The van der Waals surface area contributed by atoms with Gasteiger partial charge in [0.1, 0.15) is 11.5 Å². The Hall–Kier alpha value is -3.98. The van der Waals surface area contributed by atoms with E-state index in [1.807, 2.05) is 36.4 Å². The predicted octanol–water partition coefficient (Wildman–Crippen LogP) is 2.89. The van der Waals surface area contributed by atoms with Gasteiger partial charge in [-0.25, -0.2) is 0 Å². The molecule has 1 aromatic heterocycles. The van der Waals surface area contributed by atoms with Crippen LogP contribution in [-0.4, -0.2) is 46.5 Å². The second kappa shape index (κ2) is 12.6. The Labute approximate surface area is 210 Å². The fourth-order valence-corrected chi connectivity index (χ4v) is 3.77. The number of carbonyl (C=O) groups excluding carboxylic acids is 1. The lowest BCUT2D eigenvalue weighted by molar-refractivity contribution is -0.119. The van der Waals surface area contributed by atoms with Gasteiger partial charge < -0.3 is 24.9 Å². The zero-order valence-corrected chi connectivity index (χ0v) is 20.9. The monoisotopic (exact) mass is 492 g/mol. The van der Waals surface area contributed by atoms with Gasteiger partial charge in [-0.2, -0.15) is 0 Å². The smallest absolute Gasteiger partial charge is 0.275 e. The highest BCUT2D eigenvalue weighted by atomic mass is 16.5. The number of methoxy groups -OCH3 is 2. The number of amides is 1. The van der Waals surface area contributed by atoms with Crippen molar-refractivity contribution in [1.29, 1.82) is 0 Å². The summed E-state index contributed by atoms with van der Waals surface area (Å²) < 4.78 is 10.6. The van der Waals surface area contributed by atoms with Crippen molar-refractivity contribution >= 4 is 5.91 Å². The molecule has 1 amide bonds. The molecule has 0 saturated heterocycles. The second-order valence-corrected chi connectivity index (χ2v) is 8.41. The summed E-state index contributed by atoms with van der Waals surface area (Å²) >= 11 is 0. The molecule has 2 unspecified atom stereocenters. The Balaban J connectivity index is 1.66. The van der Waals surface area contributed by atoms with E-state index in [1.165, 1.54) is 6.92 Å². The number of aromatic amines is 1. The van der Waals surface area contributed by atoms with Gasteiger partial charge in [-0.15, -0.1) is 10.2 Å². The van der Waals surface area contributed by atoms with Crippen LogP contribution in [0.2, 0.25) is 0 Å². The first kappa shape index (κ1) is 26.6. The van der Waals surface area contributed by atoms with Gasteiger partial charge in [0.15, 0.2) is 11.5 Å². The number of aliphatic hydroxyl groups excluding tert-OH is 1. The topological polar surface area (TPSA) is 126 Å². The van der Waals surface area contributed by atoms with Crippen LogP contribution in [0.1, 0.15) is 49.0 Å². The van der Waals surface area contributed by atoms with Crippen LogP contribution in [-0.2, 0) is 17.6 Å². The number of aryl methyl sites for hydroxylation is 1. The van der Waals surface area contributed by atoms with Gasteiger partial charge in [0.2, 0.25) is 5.91 Å². The summed E-state index contributed by atoms with van der Waals surface area (Å²) in [7, 11) is 3.11. The van der Waals surface area contributed by atoms with Gasteiger partial charge in [0, 0.05) is 12.0 Å². The van der Waals surface area contributed by atoms with Gasteiger partial charge in [0.05, 0.1) is 26.4 Å². The van der Waals surface area contributed by atoms with Crippen LogP contribution in [0.25, 0.3) is 0 Å². The third kappa shape index (κ3) is 7.02. The summed E-state index contributed by atoms with van der Waals surface area (Å²) in [6.45, 7) is 3.18. The van der Waals surface area contributed by atoms with Gasteiger partial charge in [-0.05, 0) is 49.9 Å². The van der Waals surface area contributed by atoms with Gasteiger partial charge in [0.25, 0.3) is 5.56 Å². The maximum atomic E-state index is 12.8. The number of carbonyl (C=O) groups is 1. The molecule has 36 heavy (non-hydrogen) atoms. The molecule has 0 aliphatic heterocycles. The number of aromatic nitrogens is 3. The van der Waals surface area contributed by atoms with Crippen molar-refractivity contribution in [3.8, 4) is 11.5 Å². The fourth-order valence-electron chi connectivity index (χ4n) is 3.77. The van der Waals surface area contributed by atoms with E-state index in [-0.39, 0.29) is 11.3 Å². The third-order valence-corrected chi connectivity index (χ3v) is 5.70. The summed E-state index contributed by atoms with van der Waals surface area (Å²) in [5.41, 5.74) is 1.87. The van der Waals surface area contributed by atoms with Gasteiger partial charge >= 0.3 is 0 Å². The molecule has 3 aromatic rings. The van der Waals surface area contributed by atoms with Crippen molar-refractivity contribution in [1.82, 2.24) is 20.5 Å². The predicted molar refractivity (Wildman–Crippen MR) is 136 cm³/mol. The molecule has 3 N–H and O–H groups in total. The van der Waals surface area contributed by atoms with E-state index in [4.69, 9.17) is 9.47 Å². The number of allylic oxidation sites excluding steroid dienone is 1. The molecule has 2 aromatic carbocycles. The van der Waals surface area contributed by atoms with E-state index in [9.17, 15) is 14.7 Å². The normalized spacial score (nSPS) is 13.1. The van der Waals surface area contributed by atoms with E-state index in [2.05, 4.69) is 20.5 Å². The van der Waals surface area contributed by atoms with Crippen LogP contribution < -0.4 is 20.3 Å². The largest absolute Gasteiger partial charge is 0.493 e. The average molecular weight is 493 g/mol.